The number of fused-ring (bicyclic) bond motifs is 1. The first kappa shape index (κ1) is 20.8. The highest BCUT2D eigenvalue weighted by molar-refractivity contribution is 5.79. The number of H-pyrrole nitrogens is 1. The summed E-state index contributed by atoms with van der Waals surface area (Å²) >= 11 is 0. The Balaban J connectivity index is 1.32. The fraction of sp³-hybridized carbons (Fsp3) is 0.192. The molecular weight excluding hydrogens is 388 g/mol. The minimum atomic E-state index is -0.640. The van der Waals surface area contributed by atoms with Crippen LogP contribution in [0.5, 0.6) is 5.75 Å². The van der Waals surface area contributed by atoms with Gasteiger partial charge in [0.15, 0.2) is 0 Å². The van der Waals surface area contributed by atoms with Gasteiger partial charge in [0, 0.05) is 36.0 Å². The number of benzene rings is 3. The largest absolute Gasteiger partial charge is 0.491 e. The van der Waals surface area contributed by atoms with E-state index < -0.39 is 6.10 Å². The van der Waals surface area contributed by atoms with E-state index in [2.05, 4.69) is 34.6 Å². The maximum Gasteiger partial charge on any atom is 0.248 e. The maximum absolute atomic E-state index is 11.4. The van der Waals surface area contributed by atoms with Crippen molar-refractivity contribution in [3.05, 3.63) is 112 Å². The highest BCUT2D eigenvalue weighted by Gasteiger charge is 2.14. The minimum absolute atomic E-state index is 0.132. The third-order valence-corrected chi connectivity index (χ3v) is 5.27. The highest BCUT2D eigenvalue weighted by Crippen LogP contribution is 2.23. The van der Waals surface area contributed by atoms with E-state index in [1.807, 2.05) is 42.5 Å². The van der Waals surface area contributed by atoms with Crippen molar-refractivity contribution in [3.63, 3.8) is 0 Å². The third kappa shape index (κ3) is 5.60. The molecule has 1 heterocycles. The molecule has 4 aromatic rings. The first-order valence-corrected chi connectivity index (χ1v) is 10.4. The van der Waals surface area contributed by atoms with Crippen molar-refractivity contribution in [2.45, 2.75) is 12.0 Å². The summed E-state index contributed by atoms with van der Waals surface area (Å²) in [6.07, 6.45) is -0.640. The highest BCUT2D eigenvalue weighted by atomic mass is 16.5. The molecule has 5 heteroatoms. The standard InChI is InChI=1S/C26H26N2O3/c29-22(18-31-23-12-13-25-21(15-23)11-14-26(30)28-25)16-27-17-24(19-7-3-1-4-8-19)20-9-5-2-6-10-20/h1-15,22,24,27,29H,16-18H2,(H,28,30). The predicted molar refractivity (Wildman–Crippen MR) is 124 cm³/mol. The van der Waals surface area contributed by atoms with E-state index in [4.69, 9.17) is 4.74 Å². The van der Waals surface area contributed by atoms with Gasteiger partial charge in [0.2, 0.25) is 5.56 Å². The molecule has 31 heavy (non-hydrogen) atoms. The molecule has 0 amide bonds. The Hall–Kier alpha value is -3.41. The Morgan fingerprint density at radius 3 is 2.19 bits per heavy atom. The van der Waals surface area contributed by atoms with Crippen molar-refractivity contribution in [1.82, 2.24) is 10.3 Å². The van der Waals surface area contributed by atoms with Gasteiger partial charge in [0.25, 0.3) is 0 Å². The Labute approximate surface area is 181 Å². The molecule has 0 bridgehead atoms. The second kappa shape index (κ2) is 10.1. The molecule has 0 aliphatic carbocycles. The summed E-state index contributed by atoms with van der Waals surface area (Å²) in [5.74, 6) is 0.864. The Kier molecular flexibility index (Phi) is 6.77. The number of aromatic nitrogens is 1. The van der Waals surface area contributed by atoms with Gasteiger partial charge < -0.3 is 20.1 Å². The van der Waals surface area contributed by atoms with Crippen molar-refractivity contribution in [1.29, 1.82) is 0 Å². The smallest absolute Gasteiger partial charge is 0.248 e. The zero-order chi connectivity index (χ0) is 21.5. The van der Waals surface area contributed by atoms with E-state index >= 15 is 0 Å². The molecule has 0 fully saturated rings. The molecule has 3 N–H and O–H groups in total. The lowest BCUT2D eigenvalue weighted by molar-refractivity contribution is 0.106. The summed E-state index contributed by atoms with van der Waals surface area (Å²) in [5.41, 5.74) is 3.10. The Morgan fingerprint density at radius 2 is 1.52 bits per heavy atom. The molecule has 4 rings (SSSR count). The summed E-state index contributed by atoms with van der Waals surface area (Å²) in [6, 6.07) is 29.4. The predicted octanol–water partition coefficient (Wildman–Crippen LogP) is 3.69. The van der Waals surface area contributed by atoms with E-state index in [0.29, 0.717) is 18.8 Å². The van der Waals surface area contributed by atoms with Crippen LogP contribution in [0, 0.1) is 0 Å². The number of aromatic amines is 1. The molecule has 5 nitrogen and oxygen atoms in total. The van der Waals surface area contributed by atoms with Crippen molar-refractivity contribution in [3.8, 4) is 5.75 Å². The van der Waals surface area contributed by atoms with Gasteiger partial charge in [0.1, 0.15) is 18.5 Å². The average molecular weight is 415 g/mol. The number of nitrogens with one attached hydrogen (secondary N) is 2. The molecule has 1 unspecified atom stereocenters. The van der Waals surface area contributed by atoms with Crippen LogP contribution >= 0.6 is 0 Å². The average Bonchev–Trinajstić information content (AvgIpc) is 2.81. The SMILES string of the molecule is O=c1ccc2cc(OCC(O)CNCC(c3ccccc3)c3ccccc3)ccc2[nH]1. The molecule has 0 saturated carbocycles. The maximum atomic E-state index is 11.4. The number of hydrogen-bond donors (Lipinski definition) is 3. The van der Waals surface area contributed by atoms with Crippen LogP contribution in [0.2, 0.25) is 0 Å². The topological polar surface area (TPSA) is 74.3 Å². The van der Waals surface area contributed by atoms with Crippen molar-refractivity contribution in [2.75, 3.05) is 19.7 Å². The van der Waals surface area contributed by atoms with Gasteiger partial charge in [-0.2, -0.15) is 0 Å². The lowest BCUT2D eigenvalue weighted by Gasteiger charge is -2.20. The van der Waals surface area contributed by atoms with E-state index in [-0.39, 0.29) is 18.1 Å². The second-order valence-corrected chi connectivity index (χ2v) is 7.57. The van der Waals surface area contributed by atoms with E-state index in [1.165, 1.54) is 17.2 Å². The van der Waals surface area contributed by atoms with Crippen LogP contribution in [0.15, 0.2) is 95.8 Å². The van der Waals surface area contributed by atoms with Crippen LogP contribution in [0.25, 0.3) is 10.9 Å². The number of aliphatic hydroxyl groups is 1. The number of rotatable bonds is 9. The monoisotopic (exact) mass is 414 g/mol. The lowest BCUT2D eigenvalue weighted by atomic mass is 9.91. The van der Waals surface area contributed by atoms with Crippen LogP contribution in [0.4, 0.5) is 0 Å². The minimum Gasteiger partial charge on any atom is -0.491 e. The Bertz CT molecular complexity index is 1120. The third-order valence-electron chi connectivity index (χ3n) is 5.27. The number of hydrogen-bond acceptors (Lipinski definition) is 4. The number of aliphatic hydroxyl groups excluding tert-OH is 1. The molecule has 0 spiro atoms. The van der Waals surface area contributed by atoms with Crippen LogP contribution in [-0.4, -0.2) is 35.9 Å². The zero-order valence-electron chi connectivity index (χ0n) is 17.2. The van der Waals surface area contributed by atoms with Crippen LogP contribution in [0.3, 0.4) is 0 Å². The van der Waals surface area contributed by atoms with Gasteiger partial charge in [0.05, 0.1) is 0 Å². The first-order valence-electron chi connectivity index (χ1n) is 10.4. The van der Waals surface area contributed by atoms with Gasteiger partial charge >= 0.3 is 0 Å². The first-order chi connectivity index (χ1) is 15.2. The van der Waals surface area contributed by atoms with Crippen molar-refractivity contribution < 1.29 is 9.84 Å². The van der Waals surface area contributed by atoms with Crippen LogP contribution in [0.1, 0.15) is 17.0 Å². The van der Waals surface area contributed by atoms with Gasteiger partial charge in [-0.25, -0.2) is 0 Å². The summed E-state index contributed by atoms with van der Waals surface area (Å²) in [7, 11) is 0. The summed E-state index contributed by atoms with van der Waals surface area (Å²) in [5, 5.41) is 14.7. The van der Waals surface area contributed by atoms with Gasteiger partial charge in [-0.15, -0.1) is 0 Å². The second-order valence-electron chi connectivity index (χ2n) is 7.57. The van der Waals surface area contributed by atoms with E-state index in [1.54, 1.807) is 18.2 Å². The van der Waals surface area contributed by atoms with Crippen molar-refractivity contribution >= 4 is 10.9 Å². The fourth-order valence-electron chi connectivity index (χ4n) is 3.67. The molecule has 0 aliphatic rings. The molecule has 1 atom stereocenters. The molecule has 1 aromatic heterocycles. The fourth-order valence-corrected chi connectivity index (χ4v) is 3.67. The summed E-state index contributed by atoms with van der Waals surface area (Å²) < 4.78 is 5.75. The zero-order valence-corrected chi connectivity index (χ0v) is 17.2. The lowest BCUT2D eigenvalue weighted by Crippen LogP contribution is -2.34. The van der Waals surface area contributed by atoms with Crippen LogP contribution in [-0.2, 0) is 0 Å². The molecular formula is C26H26N2O3. The summed E-state index contributed by atoms with van der Waals surface area (Å²) in [6.45, 7) is 1.33. The molecule has 0 radical (unpaired) electrons. The molecule has 158 valence electrons. The van der Waals surface area contributed by atoms with Gasteiger partial charge in [-0.05, 0) is 35.4 Å². The quantitative estimate of drug-likeness (QED) is 0.391. The van der Waals surface area contributed by atoms with E-state index in [0.717, 1.165) is 10.9 Å². The Morgan fingerprint density at radius 1 is 0.839 bits per heavy atom. The van der Waals surface area contributed by atoms with Crippen molar-refractivity contribution in [2.24, 2.45) is 0 Å². The van der Waals surface area contributed by atoms with Gasteiger partial charge in [-0.1, -0.05) is 60.7 Å². The molecule has 0 saturated heterocycles. The van der Waals surface area contributed by atoms with Crippen LogP contribution < -0.4 is 15.6 Å². The van der Waals surface area contributed by atoms with E-state index in [9.17, 15) is 9.90 Å². The number of ether oxygens (including phenoxy) is 1. The molecule has 3 aromatic carbocycles. The number of pyridine rings is 1. The van der Waals surface area contributed by atoms with Gasteiger partial charge in [-0.3, -0.25) is 4.79 Å². The summed E-state index contributed by atoms with van der Waals surface area (Å²) in [4.78, 5) is 14.2. The normalized spacial score (nSPS) is 12.2. The molecule has 0 aliphatic heterocycles.